The fourth-order valence-corrected chi connectivity index (χ4v) is 3.31. The summed E-state index contributed by atoms with van der Waals surface area (Å²) in [5, 5.41) is 3.25. The molecule has 2 heterocycles. The molecular formula is C20H25ClN4O4. The Morgan fingerprint density at radius 1 is 1.28 bits per heavy atom. The molecule has 0 unspecified atom stereocenters. The lowest BCUT2D eigenvalue weighted by Gasteiger charge is -2.19. The van der Waals surface area contributed by atoms with Crippen molar-refractivity contribution < 1.29 is 19.0 Å². The number of ether oxygens (including phenoxy) is 3. The van der Waals surface area contributed by atoms with Crippen molar-refractivity contribution in [1.82, 2.24) is 14.9 Å². The van der Waals surface area contributed by atoms with Crippen molar-refractivity contribution in [1.29, 1.82) is 0 Å². The Balaban J connectivity index is 1.65. The Bertz CT molecular complexity index is 862. The normalized spacial score (nSPS) is 19.2. The SMILES string of the molecule is COC(=O)c1nc(Cl)c(C)nc1Nc1ccc(OC[C@@H]2C[C@@H](OC)CN2C)cc1. The summed E-state index contributed by atoms with van der Waals surface area (Å²) in [6.45, 7) is 3.22. The van der Waals surface area contributed by atoms with Crippen molar-refractivity contribution in [3.63, 3.8) is 0 Å². The first-order valence-electron chi connectivity index (χ1n) is 9.26. The number of rotatable bonds is 7. The van der Waals surface area contributed by atoms with Gasteiger partial charge in [-0.1, -0.05) is 11.6 Å². The highest BCUT2D eigenvalue weighted by atomic mass is 35.5. The number of nitrogens with zero attached hydrogens (tertiary/aromatic N) is 3. The Kier molecular flexibility index (Phi) is 6.89. The molecule has 9 heteroatoms. The molecule has 0 amide bonds. The molecule has 1 fully saturated rings. The van der Waals surface area contributed by atoms with Crippen molar-refractivity contribution in [2.24, 2.45) is 0 Å². The van der Waals surface area contributed by atoms with Crippen molar-refractivity contribution >= 4 is 29.1 Å². The van der Waals surface area contributed by atoms with Gasteiger partial charge in [0.2, 0.25) is 0 Å². The van der Waals surface area contributed by atoms with Gasteiger partial charge in [0, 0.05) is 25.4 Å². The summed E-state index contributed by atoms with van der Waals surface area (Å²) >= 11 is 5.99. The van der Waals surface area contributed by atoms with Gasteiger partial charge in [-0.3, -0.25) is 4.90 Å². The Hall–Kier alpha value is -2.42. The molecule has 1 saturated heterocycles. The first-order valence-corrected chi connectivity index (χ1v) is 9.64. The minimum Gasteiger partial charge on any atom is -0.492 e. The van der Waals surface area contributed by atoms with Gasteiger partial charge < -0.3 is 19.5 Å². The Labute approximate surface area is 175 Å². The van der Waals surface area contributed by atoms with Crippen LogP contribution >= 0.6 is 11.6 Å². The van der Waals surface area contributed by atoms with Gasteiger partial charge in [-0.15, -0.1) is 0 Å². The number of esters is 1. The largest absolute Gasteiger partial charge is 0.492 e. The van der Waals surface area contributed by atoms with E-state index in [1.54, 1.807) is 14.0 Å². The smallest absolute Gasteiger partial charge is 0.360 e. The number of halogens is 1. The lowest BCUT2D eigenvalue weighted by Crippen LogP contribution is -2.30. The fourth-order valence-electron chi connectivity index (χ4n) is 3.18. The van der Waals surface area contributed by atoms with E-state index < -0.39 is 5.97 Å². The molecule has 1 aliphatic rings. The summed E-state index contributed by atoms with van der Waals surface area (Å²) in [4.78, 5) is 22.6. The van der Waals surface area contributed by atoms with Crippen molar-refractivity contribution in [3.8, 4) is 5.75 Å². The minimum absolute atomic E-state index is 0.0281. The molecule has 1 aromatic carbocycles. The fraction of sp³-hybridized carbons (Fsp3) is 0.450. The van der Waals surface area contributed by atoms with E-state index in [0.29, 0.717) is 18.3 Å². The van der Waals surface area contributed by atoms with E-state index in [0.717, 1.165) is 24.4 Å². The Morgan fingerprint density at radius 2 is 2.00 bits per heavy atom. The van der Waals surface area contributed by atoms with Crippen LogP contribution in [-0.4, -0.2) is 67.4 Å². The maximum Gasteiger partial charge on any atom is 0.360 e. The molecule has 0 spiro atoms. The van der Waals surface area contributed by atoms with Gasteiger partial charge in [0.25, 0.3) is 0 Å². The number of hydrogen-bond donors (Lipinski definition) is 1. The van der Waals surface area contributed by atoms with E-state index in [2.05, 4.69) is 27.2 Å². The quantitative estimate of drug-likeness (QED) is 0.684. The molecule has 0 bridgehead atoms. The number of carbonyl (C=O) groups excluding carboxylic acids is 1. The van der Waals surface area contributed by atoms with E-state index in [-0.39, 0.29) is 22.8 Å². The highest BCUT2D eigenvalue weighted by molar-refractivity contribution is 6.30. The number of aryl methyl sites for hydroxylation is 1. The molecule has 2 atom stereocenters. The summed E-state index contributed by atoms with van der Waals surface area (Å²) in [7, 11) is 5.10. The van der Waals surface area contributed by atoms with Crippen LogP contribution in [-0.2, 0) is 9.47 Å². The third kappa shape index (κ3) is 5.14. The Morgan fingerprint density at radius 3 is 2.62 bits per heavy atom. The number of likely N-dealkylation sites (N-methyl/N-ethyl adjacent to an activating group) is 1. The van der Waals surface area contributed by atoms with Gasteiger partial charge in [0.05, 0.1) is 18.9 Å². The lowest BCUT2D eigenvalue weighted by molar-refractivity contribution is 0.0595. The van der Waals surface area contributed by atoms with E-state index >= 15 is 0 Å². The van der Waals surface area contributed by atoms with Crippen LogP contribution in [0.1, 0.15) is 22.6 Å². The van der Waals surface area contributed by atoms with Crippen LogP contribution < -0.4 is 10.1 Å². The number of aromatic nitrogens is 2. The molecule has 29 heavy (non-hydrogen) atoms. The van der Waals surface area contributed by atoms with Crippen LogP contribution in [0.4, 0.5) is 11.5 Å². The number of nitrogens with one attached hydrogen (secondary N) is 1. The average molecular weight is 421 g/mol. The molecule has 2 aromatic rings. The average Bonchev–Trinajstić information content (AvgIpc) is 3.09. The second-order valence-corrected chi connectivity index (χ2v) is 7.29. The van der Waals surface area contributed by atoms with Crippen molar-refractivity contribution in [3.05, 3.63) is 40.8 Å². The van der Waals surface area contributed by atoms with Crippen LogP contribution in [0.5, 0.6) is 5.75 Å². The predicted molar refractivity (Wildman–Crippen MR) is 110 cm³/mol. The topological polar surface area (TPSA) is 85.8 Å². The first-order chi connectivity index (χ1) is 13.9. The predicted octanol–water partition coefficient (Wildman–Crippen LogP) is 3.07. The molecule has 1 aromatic heterocycles. The van der Waals surface area contributed by atoms with Crippen LogP contribution in [0, 0.1) is 6.92 Å². The molecule has 156 valence electrons. The van der Waals surface area contributed by atoms with Gasteiger partial charge >= 0.3 is 5.97 Å². The summed E-state index contributed by atoms with van der Waals surface area (Å²) in [6, 6.07) is 7.74. The van der Waals surface area contributed by atoms with Crippen LogP contribution in [0.3, 0.4) is 0 Å². The highest BCUT2D eigenvalue weighted by Crippen LogP contribution is 2.25. The van der Waals surface area contributed by atoms with Crippen LogP contribution in [0.2, 0.25) is 5.15 Å². The number of anilines is 2. The van der Waals surface area contributed by atoms with E-state index in [1.165, 1.54) is 7.11 Å². The second kappa shape index (κ2) is 9.39. The standard InChI is InChI=1S/C20H25ClN4O4/c1-12-18(21)24-17(20(26)28-4)19(22-12)23-13-5-7-15(8-6-13)29-11-14-9-16(27-3)10-25(14)2/h5-8,14,16H,9-11H2,1-4H3,(H,22,23)/t14-,16+/m0/s1. The van der Waals surface area contributed by atoms with Crippen molar-refractivity contribution in [2.75, 3.05) is 39.7 Å². The molecule has 1 aliphatic heterocycles. The molecule has 3 rings (SSSR count). The molecule has 0 aliphatic carbocycles. The molecule has 0 saturated carbocycles. The van der Waals surface area contributed by atoms with E-state index in [9.17, 15) is 4.79 Å². The minimum atomic E-state index is -0.614. The number of carbonyl (C=O) groups is 1. The molecule has 8 nitrogen and oxygen atoms in total. The number of methoxy groups -OCH3 is 2. The number of benzene rings is 1. The third-order valence-electron chi connectivity index (χ3n) is 4.93. The first kappa shape index (κ1) is 21.3. The van der Waals surface area contributed by atoms with Gasteiger partial charge in [-0.2, -0.15) is 0 Å². The van der Waals surface area contributed by atoms with Gasteiger partial charge in [0.15, 0.2) is 16.7 Å². The lowest BCUT2D eigenvalue weighted by atomic mass is 10.2. The zero-order chi connectivity index (χ0) is 21.0. The second-order valence-electron chi connectivity index (χ2n) is 6.94. The van der Waals surface area contributed by atoms with Crippen LogP contribution in [0.25, 0.3) is 0 Å². The molecule has 1 N–H and O–H groups in total. The monoisotopic (exact) mass is 420 g/mol. The third-order valence-corrected chi connectivity index (χ3v) is 5.29. The van der Waals surface area contributed by atoms with E-state index in [4.69, 9.17) is 25.8 Å². The van der Waals surface area contributed by atoms with Gasteiger partial charge in [-0.05, 0) is 44.7 Å². The van der Waals surface area contributed by atoms with E-state index in [1.807, 2.05) is 24.3 Å². The highest BCUT2D eigenvalue weighted by Gasteiger charge is 2.29. The summed E-state index contributed by atoms with van der Waals surface area (Å²) in [5.74, 6) is 0.430. The summed E-state index contributed by atoms with van der Waals surface area (Å²) in [6.07, 6.45) is 1.21. The van der Waals surface area contributed by atoms with Gasteiger partial charge in [-0.25, -0.2) is 14.8 Å². The maximum absolute atomic E-state index is 12.0. The van der Waals surface area contributed by atoms with Crippen molar-refractivity contribution in [2.45, 2.75) is 25.5 Å². The zero-order valence-corrected chi connectivity index (χ0v) is 17.7. The number of likely N-dealkylation sites (tertiary alicyclic amines) is 1. The molecular weight excluding hydrogens is 396 g/mol. The zero-order valence-electron chi connectivity index (χ0n) is 16.9. The maximum atomic E-state index is 12.0. The van der Waals surface area contributed by atoms with Crippen LogP contribution in [0.15, 0.2) is 24.3 Å². The summed E-state index contributed by atoms with van der Waals surface area (Å²) in [5.41, 5.74) is 1.27. The van der Waals surface area contributed by atoms with Gasteiger partial charge in [0.1, 0.15) is 12.4 Å². The summed E-state index contributed by atoms with van der Waals surface area (Å²) < 4.78 is 16.1. The number of hydrogen-bond acceptors (Lipinski definition) is 8. The molecule has 0 radical (unpaired) electrons.